The molecule has 1 aromatic rings. The van der Waals surface area contributed by atoms with Crippen molar-refractivity contribution in [3.8, 4) is 0 Å². The molecular weight excluding hydrogens is 231 g/mol. The number of carbonyl (C=O) groups excluding carboxylic acids is 1. The van der Waals surface area contributed by atoms with Crippen LogP contribution in [0, 0.1) is 0 Å². The molecule has 0 saturated carbocycles. The van der Waals surface area contributed by atoms with Crippen LogP contribution < -0.4 is 5.32 Å². The molecule has 0 aromatic heterocycles. The fourth-order valence-corrected chi connectivity index (χ4v) is 2.01. The topological polar surface area (TPSA) is 29.1 Å². The molecule has 1 aromatic carbocycles. The van der Waals surface area contributed by atoms with Crippen LogP contribution in [0.1, 0.15) is 24.0 Å². The van der Waals surface area contributed by atoms with Crippen LogP contribution in [0.4, 0.5) is 18.9 Å². The number of fused-ring (bicyclic) bond motifs is 1. The molecular formula is C12H12F3NO. The molecule has 2 rings (SSSR count). The van der Waals surface area contributed by atoms with E-state index in [0.29, 0.717) is 0 Å². The number of rotatable bonds is 1. The van der Waals surface area contributed by atoms with E-state index >= 15 is 0 Å². The Balaban J connectivity index is 2.15. The van der Waals surface area contributed by atoms with Crippen molar-refractivity contribution in [2.75, 3.05) is 5.32 Å². The number of anilines is 1. The first-order valence-corrected chi connectivity index (χ1v) is 5.47. The Kier molecular flexibility index (Phi) is 3.09. The number of aryl methyl sites for hydroxylation is 2. The molecule has 2 nitrogen and oxygen atoms in total. The highest BCUT2D eigenvalue weighted by Crippen LogP contribution is 2.25. The summed E-state index contributed by atoms with van der Waals surface area (Å²) in [6.07, 6.45) is -0.852. The fourth-order valence-electron chi connectivity index (χ4n) is 2.01. The zero-order valence-electron chi connectivity index (χ0n) is 9.10. The molecule has 0 unspecified atom stereocenters. The zero-order valence-corrected chi connectivity index (χ0v) is 9.10. The number of carbonyl (C=O) groups is 1. The molecule has 0 spiro atoms. The standard InChI is InChI=1S/C12H12F3NO/c13-12(14,15)11(17)16-10-6-5-8-3-1-2-4-9(8)7-10/h5-7H,1-4H2,(H,16,17). The summed E-state index contributed by atoms with van der Waals surface area (Å²) in [6.45, 7) is 0. The minimum atomic E-state index is -4.84. The first kappa shape index (κ1) is 12.0. The average molecular weight is 243 g/mol. The van der Waals surface area contributed by atoms with E-state index in [-0.39, 0.29) is 5.69 Å². The zero-order chi connectivity index (χ0) is 12.5. The smallest absolute Gasteiger partial charge is 0.318 e. The van der Waals surface area contributed by atoms with Gasteiger partial charge in [-0.3, -0.25) is 4.79 Å². The third-order valence-corrected chi connectivity index (χ3v) is 2.86. The van der Waals surface area contributed by atoms with E-state index in [1.165, 1.54) is 11.6 Å². The van der Waals surface area contributed by atoms with Crippen LogP contribution in [-0.2, 0) is 17.6 Å². The molecule has 1 aliphatic rings. The second-order valence-corrected chi connectivity index (χ2v) is 4.14. The van der Waals surface area contributed by atoms with Gasteiger partial charge < -0.3 is 5.32 Å². The molecule has 1 aliphatic carbocycles. The summed E-state index contributed by atoms with van der Waals surface area (Å²) in [7, 11) is 0. The van der Waals surface area contributed by atoms with Gasteiger partial charge in [0.1, 0.15) is 0 Å². The van der Waals surface area contributed by atoms with E-state index in [0.717, 1.165) is 31.2 Å². The summed E-state index contributed by atoms with van der Waals surface area (Å²) in [4.78, 5) is 10.8. The largest absolute Gasteiger partial charge is 0.471 e. The van der Waals surface area contributed by atoms with Crippen LogP contribution in [-0.4, -0.2) is 12.1 Å². The summed E-state index contributed by atoms with van der Waals surface area (Å²) in [6, 6.07) is 4.95. The van der Waals surface area contributed by atoms with Crippen LogP contribution in [0.3, 0.4) is 0 Å². The lowest BCUT2D eigenvalue weighted by Gasteiger charge is -2.17. The highest BCUT2D eigenvalue weighted by atomic mass is 19.4. The number of hydrogen-bond acceptors (Lipinski definition) is 1. The normalized spacial score (nSPS) is 15.2. The average Bonchev–Trinajstić information content (AvgIpc) is 2.27. The highest BCUT2D eigenvalue weighted by molar-refractivity contribution is 5.95. The third-order valence-electron chi connectivity index (χ3n) is 2.86. The molecule has 0 fully saturated rings. The number of halogens is 3. The number of hydrogen-bond donors (Lipinski definition) is 1. The van der Waals surface area contributed by atoms with Gasteiger partial charge in [0, 0.05) is 5.69 Å². The van der Waals surface area contributed by atoms with E-state index < -0.39 is 12.1 Å². The van der Waals surface area contributed by atoms with Crippen molar-refractivity contribution >= 4 is 11.6 Å². The van der Waals surface area contributed by atoms with Gasteiger partial charge in [0.05, 0.1) is 0 Å². The summed E-state index contributed by atoms with van der Waals surface area (Å²) in [5.74, 6) is -1.92. The predicted molar refractivity (Wildman–Crippen MR) is 57.8 cm³/mol. The predicted octanol–water partition coefficient (Wildman–Crippen LogP) is 3.07. The minimum Gasteiger partial charge on any atom is -0.318 e. The first-order valence-electron chi connectivity index (χ1n) is 5.47. The van der Waals surface area contributed by atoms with Crippen LogP contribution in [0.2, 0.25) is 0 Å². The lowest BCUT2D eigenvalue weighted by atomic mass is 9.91. The first-order chi connectivity index (χ1) is 7.97. The Morgan fingerprint density at radius 1 is 1.12 bits per heavy atom. The Labute approximate surface area is 96.8 Å². The summed E-state index contributed by atoms with van der Waals surface area (Å²) >= 11 is 0. The third kappa shape index (κ3) is 2.78. The quantitative estimate of drug-likeness (QED) is 0.806. The molecule has 0 saturated heterocycles. The highest BCUT2D eigenvalue weighted by Gasteiger charge is 2.38. The summed E-state index contributed by atoms with van der Waals surface area (Å²) in [5.41, 5.74) is 2.42. The van der Waals surface area contributed by atoms with Crippen molar-refractivity contribution in [2.45, 2.75) is 31.9 Å². The molecule has 0 bridgehead atoms. The van der Waals surface area contributed by atoms with Crippen molar-refractivity contribution in [3.63, 3.8) is 0 Å². The Hall–Kier alpha value is -1.52. The van der Waals surface area contributed by atoms with Crippen LogP contribution in [0.25, 0.3) is 0 Å². The van der Waals surface area contributed by atoms with Crippen molar-refractivity contribution in [1.29, 1.82) is 0 Å². The Bertz CT molecular complexity index is 440. The van der Waals surface area contributed by atoms with Gasteiger partial charge in [-0.15, -0.1) is 0 Å². The molecule has 1 N–H and O–H groups in total. The van der Waals surface area contributed by atoms with Gasteiger partial charge in [0.15, 0.2) is 0 Å². The Morgan fingerprint density at radius 2 is 1.76 bits per heavy atom. The van der Waals surface area contributed by atoms with Gasteiger partial charge in [-0.25, -0.2) is 0 Å². The summed E-state index contributed by atoms with van der Waals surface area (Å²) in [5, 5.41) is 1.87. The maximum absolute atomic E-state index is 12.1. The number of nitrogens with one attached hydrogen (secondary N) is 1. The van der Waals surface area contributed by atoms with Crippen LogP contribution in [0.15, 0.2) is 18.2 Å². The van der Waals surface area contributed by atoms with Gasteiger partial charge in [-0.05, 0) is 48.9 Å². The number of alkyl halides is 3. The van der Waals surface area contributed by atoms with E-state index in [4.69, 9.17) is 0 Å². The molecule has 5 heteroatoms. The maximum atomic E-state index is 12.1. The van der Waals surface area contributed by atoms with E-state index in [9.17, 15) is 18.0 Å². The lowest BCUT2D eigenvalue weighted by molar-refractivity contribution is -0.167. The second kappa shape index (κ2) is 4.39. The number of amides is 1. The van der Waals surface area contributed by atoms with Crippen LogP contribution in [0.5, 0.6) is 0 Å². The van der Waals surface area contributed by atoms with Crippen molar-refractivity contribution in [2.24, 2.45) is 0 Å². The molecule has 1 amide bonds. The maximum Gasteiger partial charge on any atom is 0.471 e. The van der Waals surface area contributed by atoms with E-state index in [1.54, 1.807) is 12.1 Å². The molecule has 17 heavy (non-hydrogen) atoms. The van der Waals surface area contributed by atoms with E-state index in [2.05, 4.69) is 0 Å². The summed E-state index contributed by atoms with van der Waals surface area (Å²) < 4.78 is 36.2. The molecule has 0 heterocycles. The van der Waals surface area contributed by atoms with Crippen molar-refractivity contribution in [1.82, 2.24) is 0 Å². The Morgan fingerprint density at radius 3 is 2.41 bits per heavy atom. The molecule has 0 aliphatic heterocycles. The molecule has 92 valence electrons. The van der Waals surface area contributed by atoms with Gasteiger partial charge in [0.25, 0.3) is 0 Å². The molecule has 0 atom stereocenters. The van der Waals surface area contributed by atoms with Gasteiger partial charge in [0.2, 0.25) is 0 Å². The fraction of sp³-hybridized carbons (Fsp3) is 0.417. The SMILES string of the molecule is O=C(Nc1ccc2c(c1)CCCC2)C(F)(F)F. The van der Waals surface area contributed by atoms with Crippen LogP contribution >= 0.6 is 0 Å². The number of benzene rings is 1. The van der Waals surface area contributed by atoms with Gasteiger partial charge in [-0.1, -0.05) is 6.07 Å². The minimum absolute atomic E-state index is 0.216. The van der Waals surface area contributed by atoms with Gasteiger partial charge >= 0.3 is 12.1 Å². The second-order valence-electron chi connectivity index (χ2n) is 4.14. The van der Waals surface area contributed by atoms with E-state index in [1.807, 2.05) is 5.32 Å². The molecule has 0 radical (unpaired) electrons. The lowest BCUT2D eigenvalue weighted by Crippen LogP contribution is -2.30. The van der Waals surface area contributed by atoms with Crippen molar-refractivity contribution < 1.29 is 18.0 Å². The monoisotopic (exact) mass is 243 g/mol. The van der Waals surface area contributed by atoms with Crippen molar-refractivity contribution in [3.05, 3.63) is 29.3 Å². The van der Waals surface area contributed by atoms with Gasteiger partial charge in [-0.2, -0.15) is 13.2 Å².